The van der Waals surface area contributed by atoms with E-state index >= 15 is 0 Å². The van der Waals surface area contributed by atoms with Crippen molar-refractivity contribution in [3.05, 3.63) is 61.8 Å². The molecule has 0 radical (unpaired) electrons. The number of β-amino-alcohol motifs (C(OH)–C–C–N with tert-alkyl or cyclic N) is 1. The lowest BCUT2D eigenvalue weighted by Gasteiger charge is -2.31. The first-order valence-corrected chi connectivity index (χ1v) is 10.7. The number of carbonyl (C=O) groups excluding carboxylic acids is 1. The Bertz CT molecular complexity index is 1320. The molecule has 0 bridgehead atoms. The first-order chi connectivity index (χ1) is 16.1. The summed E-state index contributed by atoms with van der Waals surface area (Å²) in [6.45, 7) is 4.80. The van der Waals surface area contributed by atoms with E-state index in [-0.39, 0.29) is 5.91 Å². The monoisotopic (exact) mass is 441 g/mol. The molecule has 1 amide bonds. The second-order valence-corrected chi connectivity index (χ2v) is 7.95. The Balaban J connectivity index is 1.59. The molecule has 33 heavy (non-hydrogen) atoms. The number of hydrogen-bond acceptors (Lipinski definition) is 7. The molecule has 5 rings (SSSR count). The van der Waals surface area contributed by atoms with E-state index in [1.807, 2.05) is 35.4 Å². The number of aromatic amines is 1. The maximum Gasteiger partial charge on any atom is 0.248 e. The van der Waals surface area contributed by atoms with Gasteiger partial charge >= 0.3 is 0 Å². The second-order valence-electron chi connectivity index (χ2n) is 7.95. The van der Waals surface area contributed by atoms with Crippen LogP contribution in [0.1, 0.15) is 12.8 Å². The van der Waals surface area contributed by atoms with Gasteiger partial charge in [0, 0.05) is 48.2 Å². The van der Waals surface area contributed by atoms with Gasteiger partial charge in [0.2, 0.25) is 5.91 Å². The fourth-order valence-electron chi connectivity index (χ4n) is 4.07. The smallest absolute Gasteiger partial charge is 0.248 e. The Labute approximate surface area is 190 Å². The van der Waals surface area contributed by atoms with Crippen molar-refractivity contribution >= 4 is 28.6 Å². The number of aromatic nitrogens is 5. The van der Waals surface area contributed by atoms with Crippen LogP contribution in [-0.2, 0) is 4.79 Å². The molecule has 1 atom stereocenters. The first kappa shape index (κ1) is 20.8. The van der Waals surface area contributed by atoms with Crippen molar-refractivity contribution in [2.24, 2.45) is 0 Å². The SMILES string of the molecule is C=CC(=O)Nc1cc(-c2cnc3[nH]cc(-c4ccncn4)c3c2)cc(N2CCCC(O)C2)n1. The lowest BCUT2D eigenvalue weighted by Crippen LogP contribution is -2.38. The van der Waals surface area contributed by atoms with Crippen molar-refractivity contribution in [3.63, 3.8) is 0 Å². The molecular weight excluding hydrogens is 418 g/mol. The molecule has 9 heteroatoms. The van der Waals surface area contributed by atoms with Crippen molar-refractivity contribution in [2.45, 2.75) is 18.9 Å². The lowest BCUT2D eigenvalue weighted by atomic mass is 10.0. The summed E-state index contributed by atoms with van der Waals surface area (Å²) in [5.74, 6) is 0.767. The Hall–Kier alpha value is -4.11. The van der Waals surface area contributed by atoms with E-state index in [9.17, 15) is 9.90 Å². The summed E-state index contributed by atoms with van der Waals surface area (Å²) in [6.07, 6.45) is 9.34. The number of nitrogens with one attached hydrogen (secondary N) is 2. The van der Waals surface area contributed by atoms with Gasteiger partial charge in [-0.3, -0.25) is 4.79 Å². The number of aliphatic hydroxyl groups is 1. The predicted octanol–water partition coefficient (Wildman–Crippen LogP) is 3.17. The second kappa shape index (κ2) is 8.79. The highest BCUT2D eigenvalue weighted by atomic mass is 16.3. The number of H-pyrrole nitrogens is 1. The van der Waals surface area contributed by atoms with E-state index in [1.165, 1.54) is 12.4 Å². The standard InChI is InChI=1S/C24H23N7O2/c1-2-23(33)30-21-9-15(10-22(29-21)31-7-3-4-17(32)13-31)16-8-18-19(12-27-24(18)26-11-16)20-5-6-25-14-28-20/h2,5-6,8-12,14,17,32H,1,3-4,7,13H2,(H,26,27)(H,29,30,33). The summed E-state index contributed by atoms with van der Waals surface area (Å²) in [4.78, 5) is 34.7. The van der Waals surface area contributed by atoms with Gasteiger partial charge in [-0.25, -0.2) is 19.9 Å². The van der Waals surface area contributed by atoms with Crippen LogP contribution >= 0.6 is 0 Å². The fourth-order valence-corrected chi connectivity index (χ4v) is 4.07. The number of rotatable bonds is 5. The molecule has 3 N–H and O–H groups in total. The van der Waals surface area contributed by atoms with Gasteiger partial charge < -0.3 is 20.3 Å². The van der Waals surface area contributed by atoms with E-state index in [4.69, 9.17) is 0 Å². The van der Waals surface area contributed by atoms with E-state index < -0.39 is 6.10 Å². The summed E-state index contributed by atoms with van der Waals surface area (Å²) >= 11 is 0. The maximum atomic E-state index is 12.0. The Morgan fingerprint density at radius 2 is 2.18 bits per heavy atom. The molecule has 1 aliphatic heterocycles. The molecule has 4 aromatic rings. The molecule has 166 valence electrons. The number of aliphatic hydroxyl groups excluding tert-OH is 1. The number of hydrogen-bond donors (Lipinski definition) is 3. The number of amides is 1. The number of nitrogens with zero attached hydrogens (tertiary/aromatic N) is 5. The molecule has 0 aromatic carbocycles. The third-order valence-electron chi connectivity index (χ3n) is 5.69. The molecular formula is C24H23N7O2. The first-order valence-electron chi connectivity index (χ1n) is 10.7. The Kier molecular flexibility index (Phi) is 5.54. The zero-order chi connectivity index (χ0) is 22.8. The molecule has 1 saturated heterocycles. The van der Waals surface area contributed by atoms with Gasteiger partial charge in [0.05, 0.1) is 11.8 Å². The number of carbonyl (C=O) groups is 1. The normalized spacial score (nSPS) is 16.0. The highest BCUT2D eigenvalue weighted by Gasteiger charge is 2.20. The van der Waals surface area contributed by atoms with Gasteiger partial charge in [-0.05, 0) is 48.7 Å². The Morgan fingerprint density at radius 3 is 2.97 bits per heavy atom. The summed E-state index contributed by atoms with van der Waals surface area (Å²) in [5, 5.41) is 13.8. The van der Waals surface area contributed by atoms with Crippen LogP contribution in [0, 0.1) is 0 Å². The molecule has 1 fully saturated rings. The van der Waals surface area contributed by atoms with Crippen LogP contribution in [0.5, 0.6) is 0 Å². The van der Waals surface area contributed by atoms with E-state index in [0.29, 0.717) is 18.2 Å². The van der Waals surface area contributed by atoms with Crippen LogP contribution in [-0.4, -0.2) is 55.1 Å². The van der Waals surface area contributed by atoms with Crippen molar-refractivity contribution in [3.8, 4) is 22.4 Å². The summed E-state index contributed by atoms with van der Waals surface area (Å²) in [5.41, 5.74) is 4.19. The van der Waals surface area contributed by atoms with Crippen molar-refractivity contribution in [1.82, 2.24) is 24.9 Å². The average molecular weight is 441 g/mol. The van der Waals surface area contributed by atoms with E-state index in [1.54, 1.807) is 12.4 Å². The topological polar surface area (TPSA) is 120 Å². The van der Waals surface area contributed by atoms with Gasteiger partial charge in [0.1, 0.15) is 23.6 Å². The summed E-state index contributed by atoms with van der Waals surface area (Å²) < 4.78 is 0. The van der Waals surface area contributed by atoms with Gasteiger partial charge in [0.15, 0.2) is 0 Å². The predicted molar refractivity (Wildman–Crippen MR) is 127 cm³/mol. The minimum Gasteiger partial charge on any atom is -0.391 e. The molecule has 0 aliphatic carbocycles. The zero-order valence-electron chi connectivity index (χ0n) is 17.9. The van der Waals surface area contributed by atoms with Crippen molar-refractivity contribution in [2.75, 3.05) is 23.3 Å². The summed E-state index contributed by atoms with van der Waals surface area (Å²) in [6, 6.07) is 7.66. The van der Waals surface area contributed by atoms with Crippen LogP contribution in [0.3, 0.4) is 0 Å². The van der Waals surface area contributed by atoms with E-state index in [2.05, 4.69) is 36.8 Å². The van der Waals surface area contributed by atoms with Crippen molar-refractivity contribution < 1.29 is 9.90 Å². The van der Waals surface area contributed by atoms with Gasteiger partial charge in [-0.2, -0.15) is 0 Å². The van der Waals surface area contributed by atoms with Crippen LogP contribution in [0.25, 0.3) is 33.4 Å². The molecule has 0 spiro atoms. The van der Waals surface area contributed by atoms with Crippen molar-refractivity contribution in [1.29, 1.82) is 0 Å². The van der Waals surface area contributed by atoms with Crippen LogP contribution in [0.15, 0.2) is 61.8 Å². The molecule has 9 nitrogen and oxygen atoms in total. The quantitative estimate of drug-likeness (QED) is 0.407. The van der Waals surface area contributed by atoms with Crippen LogP contribution < -0.4 is 10.2 Å². The number of pyridine rings is 2. The minimum absolute atomic E-state index is 0.338. The molecule has 1 unspecified atom stereocenters. The average Bonchev–Trinajstić information content (AvgIpc) is 3.27. The van der Waals surface area contributed by atoms with Crippen LogP contribution in [0.2, 0.25) is 0 Å². The number of fused-ring (bicyclic) bond motifs is 1. The largest absolute Gasteiger partial charge is 0.391 e. The molecule has 4 aromatic heterocycles. The lowest BCUT2D eigenvalue weighted by molar-refractivity contribution is -0.111. The molecule has 1 aliphatic rings. The Morgan fingerprint density at radius 1 is 1.27 bits per heavy atom. The third-order valence-corrected chi connectivity index (χ3v) is 5.69. The zero-order valence-corrected chi connectivity index (χ0v) is 17.9. The highest BCUT2D eigenvalue weighted by molar-refractivity contribution is 5.99. The molecule has 5 heterocycles. The summed E-state index contributed by atoms with van der Waals surface area (Å²) in [7, 11) is 0. The number of anilines is 2. The maximum absolute atomic E-state index is 12.0. The van der Waals surface area contributed by atoms with E-state index in [0.717, 1.165) is 52.8 Å². The fraction of sp³-hybridized carbons (Fsp3) is 0.208. The molecule has 0 saturated carbocycles. The van der Waals surface area contributed by atoms with Gasteiger partial charge in [0.25, 0.3) is 0 Å². The van der Waals surface area contributed by atoms with Gasteiger partial charge in [-0.15, -0.1) is 0 Å². The van der Waals surface area contributed by atoms with Crippen LogP contribution in [0.4, 0.5) is 11.6 Å². The highest BCUT2D eigenvalue weighted by Crippen LogP contribution is 2.32. The third kappa shape index (κ3) is 4.31. The van der Waals surface area contributed by atoms with Gasteiger partial charge in [-0.1, -0.05) is 6.58 Å². The number of piperidine rings is 1. The minimum atomic E-state index is -0.399.